The first kappa shape index (κ1) is 26.6. The smallest absolute Gasteiger partial charge is 0.333 e. The van der Waals surface area contributed by atoms with Crippen LogP contribution in [0.2, 0.25) is 0 Å². The molecule has 1 atom stereocenters. The van der Waals surface area contributed by atoms with Crippen molar-refractivity contribution in [1.82, 2.24) is 20.0 Å². The molecule has 2 aromatic heterocycles. The number of nitrogens with zero attached hydrogens (tertiary/aromatic N) is 4. The number of aromatic nitrogens is 2. The van der Waals surface area contributed by atoms with Gasteiger partial charge in [-0.25, -0.2) is 4.39 Å². The van der Waals surface area contributed by atoms with Gasteiger partial charge in [0.15, 0.2) is 5.69 Å². The first-order chi connectivity index (χ1) is 17.6. The number of nitrogens with one attached hydrogen (secondary N) is 1. The highest BCUT2D eigenvalue weighted by molar-refractivity contribution is 7.12. The maximum absolute atomic E-state index is 15.4. The van der Waals surface area contributed by atoms with Crippen LogP contribution < -0.4 is 5.32 Å². The molecule has 0 unspecified atom stereocenters. The molecule has 3 aromatic rings. The zero-order chi connectivity index (χ0) is 26.9. The molecule has 0 bridgehead atoms. The zero-order valence-corrected chi connectivity index (χ0v) is 21.3. The number of thiophene rings is 1. The monoisotopic (exact) mass is 531 g/mol. The Hall–Kier alpha value is -3.49. The summed E-state index contributed by atoms with van der Waals surface area (Å²) in [5.74, 6) is -1.73. The van der Waals surface area contributed by atoms with Crippen molar-refractivity contribution in [2.24, 2.45) is 0 Å². The zero-order valence-electron chi connectivity index (χ0n) is 20.5. The van der Waals surface area contributed by atoms with Crippen molar-refractivity contribution in [3.05, 3.63) is 74.5 Å². The normalized spacial score (nSPS) is 15.7. The standard InChI is InChI=1S/C26H25F4N5OS/c1-4-35-13-18(25(33-35)26(28,29)30)24-16(7-5-8-19(24)27)17-12-34(22(36)9-6-10-32-3)14-21-23(17)15(2)20(11-31)37-21/h5-9,13,17,32H,4,10,12,14H2,1-3H3/b9-6+/t17-/m0/s1. The van der Waals surface area contributed by atoms with Gasteiger partial charge >= 0.3 is 6.18 Å². The first-order valence-electron chi connectivity index (χ1n) is 11.7. The van der Waals surface area contributed by atoms with Gasteiger partial charge in [0, 0.05) is 53.8 Å². The molecule has 1 aliphatic heterocycles. The summed E-state index contributed by atoms with van der Waals surface area (Å²) in [6.07, 6.45) is -0.474. The Morgan fingerprint density at radius 3 is 2.78 bits per heavy atom. The van der Waals surface area contributed by atoms with Crippen LogP contribution in [0, 0.1) is 24.1 Å². The Morgan fingerprint density at radius 1 is 1.38 bits per heavy atom. The summed E-state index contributed by atoms with van der Waals surface area (Å²) in [6, 6.07) is 6.32. The van der Waals surface area contributed by atoms with E-state index in [2.05, 4.69) is 16.5 Å². The van der Waals surface area contributed by atoms with Gasteiger partial charge < -0.3 is 10.2 Å². The van der Waals surface area contributed by atoms with E-state index in [1.54, 1.807) is 37.9 Å². The maximum Gasteiger partial charge on any atom is 0.435 e. The van der Waals surface area contributed by atoms with Crippen LogP contribution in [-0.2, 0) is 24.1 Å². The van der Waals surface area contributed by atoms with E-state index in [1.807, 2.05) is 0 Å². The summed E-state index contributed by atoms with van der Waals surface area (Å²) in [4.78, 5) is 15.8. The van der Waals surface area contributed by atoms with Crippen LogP contribution in [0.1, 0.15) is 45.0 Å². The van der Waals surface area contributed by atoms with E-state index in [-0.39, 0.29) is 36.7 Å². The number of aryl methyl sites for hydroxylation is 1. The van der Waals surface area contributed by atoms with Crippen molar-refractivity contribution < 1.29 is 22.4 Å². The number of amides is 1. The molecule has 0 radical (unpaired) electrons. The molecule has 4 rings (SSSR count). The SMILES string of the molecule is CCn1cc(-c2c(F)cccc2[C@@H]2CN(C(=O)/C=C/CNC)Cc3sc(C#N)c(C)c32)c(C(F)(F)F)n1. The molecule has 1 N–H and O–H groups in total. The minimum Gasteiger partial charge on any atom is -0.333 e. The first-order valence-corrected chi connectivity index (χ1v) is 12.5. The van der Waals surface area contributed by atoms with Gasteiger partial charge in [-0.15, -0.1) is 11.3 Å². The highest BCUT2D eigenvalue weighted by Crippen LogP contribution is 2.46. The molecule has 0 saturated heterocycles. The van der Waals surface area contributed by atoms with Crippen molar-refractivity contribution in [3.63, 3.8) is 0 Å². The maximum atomic E-state index is 15.4. The van der Waals surface area contributed by atoms with E-state index in [0.717, 1.165) is 21.2 Å². The topological polar surface area (TPSA) is 74.0 Å². The number of alkyl halides is 3. The summed E-state index contributed by atoms with van der Waals surface area (Å²) >= 11 is 1.25. The van der Waals surface area contributed by atoms with Gasteiger partial charge in [-0.1, -0.05) is 18.2 Å². The largest absolute Gasteiger partial charge is 0.435 e. The predicted molar refractivity (Wildman–Crippen MR) is 132 cm³/mol. The molecule has 0 aliphatic carbocycles. The van der Waals surface area contributed by atoms with Gasteiger partial charge in [-0.3, -0.25) is 9.48 Å². The predicted octanol–water partition coefficient (Wildman–Crippen LogP) is 5.22. The Morgan fingerprint density at radius 2 is 2.14 bits per heavy atom. The quantitative estimate of drug-likeness (QED) is 0.350. The molecule has 3 heterocycles. The Labute approximate surface area is 215 Å². The third-order valence-corrected chi connectivity index (χ3v) is 7.59. The van der Waals surface area contributed by atoms with E-state index in [9.17, 15) is 23.2 Å². The highest BCUT2D eigenvalue weighted by atomic mass is 32.1. The molecular formula is C26H25F4N5OS. The van der Waals surface area contributed by atoms with Crippen LogP contribution in [0.15, 0.2) is 36.5 Å². The number of halogens is 4. The fraction of sp³-hybridized carbons (Fsp3) is 0.346. The molecular weight excluding hydrogens is 506 g/mol. The Balaban J connectivity index is 1.92. The molecule has 11 heteroatoms. The second-order valence-electron chi connectivity index (χ2n) is 8.69. The second kappa shape index (κ2) is 10.5. The van der Waals surface area contributed by atoms with Crippen LogP contribution in [-0.4, -0.2) is 40.7 Å². The van der Waals surface area contributed by atoms with Crippen LogP contribution in [0.3, 0.4) is 0 Å². The van der Waals surface area contributed by atoms with Gasteiger partial charge in [0.1, 0.15) is 16.8 Å². The fourth-order valence-corrected chi connectivity index (χ4v) is 5.89. The minimum atomic E-state index is -4.79. The number of likely N-dealkylation sites (N-methyl/N-ethyl adjacent to an activating group) is 1. The number of benzene rings is 1. The summed E-state index contributed by atoms with van der Waals surface area (Å²) in [7, 11) is 1.75. The summed E-state index contributed by atoms with van der Waals surface area (Å²) in [5.41, 5.74) is 0.0437. The second-order valence-corrected chi connectivity index (χ2v) is 9.79. The van der Waals surface area contributed by atoms with Crippen LogP contribution in [0.5, 0.6) is 0 Å². The van der Waals surface area contributed by atoms with Crippen molar-refractivity contribution in [1.29, 1.82) is 5.26 Å². The number of carbonyl (C=O) groups excluding carboxylic acids is 1. The minimum absolute atomic E-state index is 0.123. The number of hydrogen-bond donors (Lipinski definition) is 1. The van der Waals surface area contributed by atoms with Gasteiger partial charge in [0.05, 0.1) is 6.54 Å². The molecule has 6 nitrogen and oxygen atoms in total. The Bertz CT molecular complexity index is 1400. The van der Waals surface area contributed by atoms with Crippen molar-refractivity contribution in [2.75, 3.05) is 20.1 Å². The average molecular weight is 532 g/mol. The number of rotatable bonds is 6. The lowest BCUT2D eigenvalue weighted by molar-refractivity contribution is -0.141. The Kier molecular flexibility index (Phi) is 7.52. The van der Waals surface area contributed by atoms with Crippen molar-refractivity contribution in [3.8, 4) is 17.2 Å². The molecule has 1 aromatic carbocycles. The van der Waals surface area contributed by atoms with Gasteiger partial charge in [-0.05, 0) is 43.7 Å². The molecule has 1 aliphatic rings. The third-order valence-electron chi connectivity index (χ3n) is 6.40. The molecule has 37 heavy (non-hydrogen) atoms. The molecule has 0 spiro atoms. The van der Waals surface area contributed by atoms with Gasteiger partial charge in [-0.2, -0.15) is 23.5 Å². The highest BCUT2D eigenvalue weighted by Gasteiger charge is 2.40. The van der Waals surface area contributed by atoms with E-state index < -0.39 is 23.6 Å². The van der Waals surface area contributed by atoms with Crippen molar-refractivity contribution in [2.45, 2.75) is 39.0 Å². The average Bonchev–Trinajstić information content (AvgIpc) is 3.44. The number of carbonyl (C=O) groups is 1. The molecule has 1 amide bonds. The number of nitriles is 1. The van der Waals surface area contributed by atoms with E-state index in [1.165, 1.54) is 29.7 Å². The van der Waals surface area contributed by atoms with Gasteiger partial charge in [0.2, 0.25) is 5.91 Å². The molecule has 194 valence electrons. The van der Waals surface area contributed by atoms with Crippen LogP contribution in [0.25, 0.3) is 11.1 Å². The van der Waals surface area contributed by atoms with Crippen molar-refractivity contribution >= 4 is 17.2 Å². The lowest BCUT2D eigenvalue weighted by Crippen LogP contribution is -2.37. The number of hydrogen-bond acceptors (Lipinski definition) is 5. The third kappa shape index (κ3) is 5.04. The molecule has 0 saturated carbocycles. The fourth-order valence-electron chi connectivity index (χ4n) is 4.71. The lowest BCUT2D eigenvalue weighted by Gasteiger charge is -2.34. The summed E-state index contributed by atoms with van der Waals surface area (Å²) in [6.45, 7) is 4.47. The van der Waals surface area contributed by atoms with E-state index in [0.29, 0.717) is 22.5 Å². The molecule has 0 fully saturated rings. The van der Waals surface area contributed by atoms with Crippen LogP contribution in [0.4, 0.5) is 17.6 Å². The number of fused-ring (bicyclic) bond motifs is 1. The van der Waals surface area contributed by atoms with Crippen LogP contribution >= 0.6 is 11.3 Å². The summed E-state index contributed by atoms with van der Waals surface area (Å²) in [5, 5.41) is 16.2. The summed E-state index contributed by atoms with van der Waals surface area (Å²) < 4.78 is 58.4. The van der Waals surface area contributed by atoms with Gasteiger partial charge in [0.25, 0.3) is 0 Å². The van der Waals surface area contributed by atoms with E-state index in [4.69, 9.17) is 0 Å². The lowest BCUT2D eigenvalue weighted by atomic mass is 9.81. The van der Waals surface area contributed by atoms with E-state index >= 15 is 4.39 Å².